The molecule has 0 aliphatic heterocycles. The van der Waals surface area contributed by atoms with E-state index in [1.807, 2.05) is 13.8 Å². The van der Waals surface area contributed by atoms with Crippen LogP contribution >= 0.6 is 0 Å². The third-order valence-corrected chi connectivity index (χ3v) is 3.71. The topological polar surface area (TPSA) is 75.4 Å². The number of rotatable bonds is 5. The van der Waals surface area contributed by atoms with E-state index in [0.29, 0.717) is 13.1 Å². The summed E-state index contributed by atoms with van der Waals surface area (Å²) >= 11 is 0. The van der Waals surface area contributed by atoms with Crippen LogP contribution in [0.2, 0.25) is 0 Å². The number of carbonyl (C=O) groups excluding carboxylic acids is 2. The molecule has 0 aromatic heterocycles. The number of nitrogens with two attached hydrogens (primary N) is 1. The van der Waals surface area contributed by atoms with Crippen molar-refractivity contribution in [2.24, 2.45) is 5.73 Å². The Morgan fingerprint density at radius 3 is 2.22 bits per heavy atom. The van der Waals surface area contributed by atoms with Crippen molar-refractivity contribution in [2.75, 3.05) is 19.6 Å². The summed E-state index contributed by atoms with van der Waals surface area (Å²) in [7, 11) is 0. The van der Waals surface area contributed by atoms with Gasteiger partial charge in [0.05, 0.1) is 12.1 Å². The van der Waals surface area contributed by atoms with Crippen LogP contribution in [0.1, 0.15) is 46.0 Å². The van der Waals surface area contributed by atoms with Gasteiger partial charge in [0.1, 0.15) is 0 Å². The summed E-state index contributed by atoms with van der Waals surface area (Å²) in [6, 6.07) is 0. The molecule has 5 heteroatoms. The average molecular weight is 255 g/mol. The van der Waals surface area contributed by atoms with Gasteiger partial charge in [0, 0.05) is 13.1 Å². The van der Waals surface area contributed by atoms with Gasteiger partial charge >= 0.3 is 0 Å². The van der Waals surface area contributed by atoms with Crippen LogP contribution in [0.4, 0.5) is 0 Å². The summed E-state index contributed by atoms with van der Waals surface area (Å²) in [4.78, 5) is 25.5. The lowest BCUT2D eigenvalue weighted by Gasteiger charge is -2.32. The van der Waals surface area contributed by atoms with E-state index in [0.717, 1.165) is 32.1 Å². The summed E-state index contributed by atoms with van der Waals surface area (Å²) in [5.41, 5.74) is 5.33. The van der Waals surface area contributed by atoms with Crippen molar-refractivity contribution >= 4 is 11.8 Å². The van der Waals surface area contributed by atoms with E-state index in [9.17, 15) is 9.59 Å². The molecule has 0 atom stereocenters. The van der Waals surface area contributed by atoms with E-state index in [2.05, 4.69) is 5.32 Å². The Balaban J connectivity index is 2.42. The smallest absolute Gasteiger partial charge is 0.241 e. The third-order valence-electron chi connectivity index (χ3n) is 3.71. The number of likely N-dealkylation sites (N-methyl/N-ethyl adjacent to an activating group) is 1. The molecule has 1 rings (SSSR count). The molecule has 2 amide bonds. The zero-order valence-corrected chi connectivity index (χ0v) is 11.5. The number of hydrogen-bond acceptors (Lipinski definition) is 3. The van der Waals surface area contributed by atoms with Crippen molar-refractivity contribution in [1.29, 1.82) is 0 Å². The zero-order valence-electron chi connectivity index (χ0n) is 11.5. The summed E-state index contributed by atoms with van der Waals surface area (Å²) < 4.78 is 0. The number of nitrogens with one attached hydrogen (secondary N) is 1. The molecule has 104 valence electrons. The van der Waals surface area contributed by atoms with Crippen LogP contribution in [-0.4, -0.2) is 41.9 Å². The molecule has 0 unspecified atom stereocenters. The zero-order chi connectivity index (χ0) is 13.6. The van der Waals surface area contributed by atoms with Gasteiger partial charge in [0.15, 0.2) is 0 Å². The van der Waals surface area contributed by atoms with Crippen molar-refractivity contribution in [2.45, 2.75) is 51.5 Å². The number of nitrogens with zero attached hydrogens (tertiary/aromatic N) is 1. The molecule has 0 aromatic rings. The van der Waals surface area contributed by atoms with E-state index in [-0.39, 0.29) is 18.4 Å². The molecule has 3 N–H and O–H groups in total. The summed E-state index contributed by atoms with van der Waals surface area (Å²) in [5.74, 6) is -0.226. The molecule has 18 heavy (non-hydrogen) atoms. The molecule has 1 aliphatic rings. The van der Waals surface area contributed by atoms with E-state index in [1.54, 1.807) is 4.90 Å². The molecule has 0 spiro atoms. The van der Waals surface area contributed by atoms with Gasteiger partial charge in [0.25, 0.3) is 0 Å². The first-order valence-corrected chi connectivity index (χ1v) is 6.88. The summed E-state index contributed by atoms with van der Waals surface area (Å²) in [5, 5.41) is 2.69. The second-order valence-electron chi connectivity index (χ2n) is 4.97. The van der Waals surface area contributed by atoms with Crippen LogP contribution in [0.3, 0.4) is 0 Å². The summed E-state index contributed by atoms with van der Waals surface area (Å²) in [6.45, 7) is 5.24. The molecule has 1 fully saturated rings. The minimum absolute atomic E-state index is 0.0484. The Morgan fingerprint density at radius 1 is 1.17 bits per heavy atom. The first-order valence-electron chi connectivity index (χ1n) is 6.88. The molecule has 0 heterocycles. The Kier molecular flexibility index (Phi) is 5.59. The van der Waals surface area contributed by atoms with Gasteiger partial charge in [-0.2, -0.15) is 0 Å². The normalized spacial score (nSPS) is 18.2. The Bertz CT molecular complexity index is 295. The van der Waals surface area contributed by atoms with Crippen molar-refractivity contribution in [3.8, 4) is 0 Å². The Morgan fingerprint density at radius 2 is 1.72 bits per heavy atom. The second kappa shape index (κ2) is 6.73. The molecule has 1 saturated carbocycles. The SMILES string of the molecule is CCN(CC)C(=O)CNC(=O)C1(N)CCCCC1. The van der Waals surface area contributed by atoms with E-state index < -0.39 is 5.54 Å². The van der Waals surface area contributed by atoms with Crippen LogP contribution in [0.25, 0.3) is 0 Å². The molecule has 0 bridgehead atoms. The van der Waals surface area contributed by atoms with Gasteiger partial charge in [-0.25, -0.2) is 0 Å². The minimum atomic E-state index is -0.762. The summed E-state index contributed by atoms with van der Waals surface area (Å²) in [6.07, 6.45) is 4.57. The van der Waals surface area contributed by atoms with Crippen LogP contribution in [0.5, 0.6) is 0 Å². The minimum Gasteiger partial charge on any atom is -0.345 e. The fourth-order valence-corrected chi connectivity index (χ4v) is 2.43. The predicted molar refractivity (Wildman–Crippen MR) is 70.9 cm³/mol. The van der Waals surface area contributed by atoms with Crippen molar-refractivity contribution in [1.82, 2.24) is 10.2 Å². The third kappa shape index (κ3) is 3.70. The highest BCUT2D eigenvalue weighted by atomic mass is 16.2. The first kappa shape index (κ1) is 15.0. The maximum atomic E-state index is 12.0. The average Bonchev–Trinajstić information content (AvgIpc) is 2.38. The van der Waals surface area contributed by atoms with Crippen LogP contribution in [0, 0.1) is 0 Å². The monoisotopic (exact) mass is 255 g/mol. The molecular weight excluding hydrogens is 230 g/mol. The van der Waals surface area contributed by atoms with Crippen LogP contribution in [-0.2, 0) is 9.59 Å². The fourth-order valence-electron chi connectivity index (χ4n) is 2.43. The fraction of sp³-hybridized carbons (Fsp3) is 0.846. The molecule has 0 aromatic carbocycles. The lowest BCUT2D eigenvalue weighted by Crippen LogP contribution is -2.56. The van der Waals surface area contributed by atoms with Crippen LogP contribution in [0.15, 0.2) is 0 Å². The van der Waals surface area contributed by atoms with Crippen LogP contribution < -0.4 is 11.1 Å². The number of amides is 2. The molecule has 1 aliphatic carbocycles. The molecule has 0 saturated heterocycles. The molecular formula is C13H25N3O2. The van der Waals surface area contributed by atoms with E-state index >= 15 is 0 Å². The molecule has 5 nitrogen and oxygen atoms in total. The second-order valence-corrected chi connectivity index (χ2v) is 4.97. The van der Waals surface area contributed by atoms with Crippen molar-refractivity contribution in [3.05, 3.63) is 0 Å². The predicted octanol–water partition coefficient (Wildman–Crippen LogP) is 0.633. The van der Waals surface area contributed by atoms with Gasteiger partial charge in [-0.1, -0.05) is 19.3 Å². The standard InChI is InChI=1S/C13H25N3O2/c1-3-16(4-2)11(17)10-15-12(18)13(14)8-6-5-7-9-13/h3-10,14H2,1-2H3,(H,15,18). The van der Waals surface area contributed by atoms with E-state index in [4.69, 9.17) is 5.73 Å². The van der Waals surface area contributed by atoms with Gasteiger partial charge in [-0.3, -0.25) is 9.59 Å². The highest BCUT2D eigenvalue weighted by Gasteiger charge is 2.35. The quantitative estimate of drug-likeness (QED) is 0.756. The van der Waals surface area contributed by atoms with Crippen molar-refractivity contribution in [3.63, 3.8) is 0 Å². The largest absolute Gasteiger partial charge is 0.345 e. The maximum absolute atomic E-state index is 12.0. The van der Waals surface area contributed by atoms with Gasteiger partial charge in [0.2, 0.25) is 11.8 Å². The first-order chi connectivity index (χ1) is 8.53. The van der Waals surface area contributed by atoms with E-state index in [1.165, 1.54) is 0 Å². The highest BCUT2D eigenvalue weighted by Crippen LogP contribution is 2.25. The highest BCUT2D eigenvalue weighted by molar-refractivity contribution is 5.90. The maximum Gasteiger partial charge on any atom is 0.241 e. The number of carbonyl (C=O) groups is 2. The van der Waals surface area contributed by atoms with Gasteiger partial charge < -0.3 is 16.0 Å². The Hall–Kier alpha value is -1.10. The van der Waals surface area contributed by atoms with Gasteiger partial charge in [-0.15, -0.1) is 0 Å². The lowest BCUT2D eigenvalue weighted by molar-refractivity contribution is -0.134. The Labute approximate surface area is 109 Å². The molecule has 0 radical (unpaired) electrons. The van der Waals surface area contributed by atoms with Gasteiger partial charge in [-0.05, 0) is 26.7 Å². The van der Waals surface area contributed by atoms with Crippen molar-refractivity contribution < 1.29 is 9.59 Å². The lowest BCUT2D eigenvalue weighted by atomic mass is 9.82. The number of hydrogen-bond donors (Lipinski definition) is 2.